The van der Waals surface area contributed by atoms with E-state index >= 15 is 0 Å². The first-order valence-electron chi connectivity index (χ1n) is 8.35. The maximum Gasteiger partial charge on any atom is 0.243 e. The first-order chi connectivity index (χ1) is 9.76. The van der Waals surface area contributed by atoms with Crippen molar-refractivity contribution in [3.8, 4) is 0 Å². The SMILES string of the molecule is CC(C)(C)C(=O)NNC(=O)CC12CC3CC(CC(C3)C1)C2. The molecule has 4 aliphatic rings. The van der Waals surface area contributed by atoms with Crippen LogP contribution < -0.4 is 10.9 Å². The van der Waals surface area contributed by atoms with Gasteiger partial charge in [-0.15, -0.1) is 0 Å². The summed E-state index contributed by atoms with van der Waals surface area (Å²) in [6, 6.07) is 0. The molecule has 0 radical (unpaired) electrons. The number of nitrogens with one attached hydrogen (secondary N) is 2. The zero-order valence-corrected chi connectivity index (χ0v) is 13.5. The van der Waals surface area contributed by atoms with Crippen LogP contribution in [0, 0.1) is 28.6 Å². The fourth-order valence-corrected chi connectivity index (χ4v) is 5.21. The third-order valence-electron chi connectivity index (χ3n) is 5.70. The van der Waals surface area contributed by atoms with Crippen LogP contribution in [0.4, 0.5) is 0 Å². The van der Waals surface area contributed by atoms with Crippen molar-refractivity contribution >= 4 is 11.8 Å². The molecule has 0 aromatic carbocycles. The van der Waals surface area contributed by atoms with Crippen molar-refractivity contribution in [2.45, 2.75) is 65.7 Å². The molecule has 4 aliphatic carbocycles. The van der Waals surface area contributed by atoms with Crippen LogP contribution in [-0.4, -0.2) is 11.8 Å². The van der Waals surface area contributed by atoms with Gasteiger partial charge in [0.25, 0.3) is 0 Å². The van der Waals surface area contributed by atoms with Crippen molar-refractivity contribution in [1.82, 2.24) is 10.9 Å². The summed E-state index contributed by atoms with van der Waals surface area (Å²) >= 11 is 0. The van der Waals surface area contributed by atoms with Crippen molar-refractivity contribution in [1.29, 1.82) is 0 Å². The van der Waals surface area contributed by atoms with E-state index < -0.39 is 5.41 Å². The van der Waals surface area contributed by atoms with Crippen LogP contribution in [0.2, 0.25) is 0 Å². The first kappa shape index (κ1) is 14.9. The Morgan fingerprint density at radius 3 is 1.86 bits per heavy atom. The molecule has 0 aliphatic heterocycles. The number of amides is 2. The van der Waals surface area contributed by atoms with Crippen molar-refractivity contribution in [2.24, 2.45) is 28.6 Å². The Morgan fingerprint density at radius 1 is 0.952 bits per heavy atom. The van der Waals surface area contributed by atoms with Gasteiger partial charge in [-0.3, -0.25) is 20.4 Å². The molecule has 118 valence electrons. The summed E-state index contributed by atoms with van der Waals surface area (Å²) in [5.74, 6) is 2.41. The summed E-state index contributed by atoms with van der Waals surface area (Å²) in [5.41, 5.74) is 4.94. The van der Waals surface area contributed by atoms with Gasteiger partial charge in [0, 0.05) is 11.8 Å². The van der Waals surface area contributed by atoms with Gasteiger partial charge in [0.2, 0.25) is 11.8 Å². The maximum atomic E-state index is 12.2. The summed E-state index contributed by atoms with van der Waals surface area (Å²) in [5, 5.41) is 0. The van der Waals surface area contributed by atoms with E-state index in [0.717, 1.165) is 17.8 Å². The number of carbonyl (C=O) groups is 2. The molecule has 0 atom stereocenters. The van der Waals surface area contributed by atoms with E-state index in [1.54, 1.807) is 0 Å². The lowest BCUT2D eigenvalue weighted by molar-refractivity contribution is -0.137. The van der Waals surface area contributed by atoms with Crippen LogP contribution >= 0.6 is 0 Å². The predicted molar refractivity (Wildman–Crippen MR) is 81.0 cm³/mol. The van der Waals surface area contributed by atoms with Gasteiger partial charge >= 0.3 is 0 Å². The molecule has 0 spiro atoms. The second-order valence-corrected chi connectivity index (χ2v) is 8.85. The van der Waals surface area contributed by atoms with Gasteiger partial charge in [-0.2, -0.15) is 0 Å². The molecule has 4 bridgehead atoms. The predicted octanol–water partition coefficient (Wildman–Crippen LogP) is 2.79. The van der Waals surface area contributed by atoms with Crippen LogP contribution in [0.1, 0.15) is 65.7 Å². The van der Waals surface area contributed by atoms with E-state index in [2.05, 4.69) is 10.9 Å². The van der Waals surface area contributed by atoms with Crippen molar-refractivity contribution in [2.75, 3.05) is 0 Å². The zero-order chi connectivity index (χ0) is 15.3. The summed E-state index contributed by atoms with van der Waals surface area (Å²) in [4.78, 5) is 24.0. The minimum Gasteiger partial charge on any atom is -0.273 e. The summed E-state index contributed by atoms with van der Waals surface area (Å²) in [6.45, 7) is 5.52. The molecule has 4 fully saturated rings. The van der Waals surface area contributed by atoms with E-state index in [1.165, 1.54) is 38.5 Å². The Hall–Kier alpha value is -1.06. The highest BCUT2D eigenvalue weighted by Gasteiger charge is 2.51. The fraction of sp³-hybridized carbons (Fsp3) is 0.882. The Morgan fingerprint density at radius 2 is 1.43 bits per heavy atom. The molecule has 2 N–H and O–H groups in total. The van der Waals surface area contributed by atoms with Crippen molar-refractivity contribution < 1.29 is 9.59 Å². The van der Waals surface area contributed by atoms with Crippen LogP contribution in [0.15, 0.2) is 0 Å². The highest BCUT2D eigenvalue weighted by atomic mass is 16.2. The molecule has 0 aromatic heterocycles. The second-order valence-electron chi connectivity index (χ2n) is 8.85. The highest BCUT2D eigenvalue weighted by Crippen LogP contribution is 2.61. The molecule has 0 unspecified atom stereocenters. The number of rotatable bonds is 2. The Labute approximate surface area is 127 Å². The molecular formula is C17H28N2O2. The molecule has 4 heteroatoms. The van der Waals surface area contributed by atoms with Crippen LogP contribution in [-0.2, 0) is 9.59 Å². The molecule has 0 aromatic rings. The van der Waals surface area contributed by atoms with Gasteiger partial charge in [-0.1, -0.05) is 20.8 Å². The molecule has 21 heavy (non-hydrogen) atoms. The molecule has 0 saturated heterocycles. The lowest BCUT2D eigenvalue weighted by Gasteiger charge is -2.56. The fourth-order valence-electron chi connectivity index (χ4n) is 5.21. The van der Waals surface area contributed by atoms with E-state index in [0.29, 0.717) is 6.42 Å². The average Bonchev–Trinajstić information content (AvgIpc) is 2.32. The standard InChI is InChI=1S/C17H28N2O2/c1-16(2,3)15(21)19-18-14(20)10-17-7-11-4-12(8-17)6-13(5-11)9-17/h11-13H,4-10H2,1-3H3,(H,18,20)(H,19,21). The van der Waals surface area contributed by atoms with Gasteiger partial charge in [-0.05, 0) is 61.7 Å². The maximum absolute atomic E-state index is 12.2. The lowest BCUT2D eigenvalue weighted by atomic mass is 9.49. The van der Waals surface area contributed by atoms with Crippen LogP contribution in [0.25, 0.3) is 0 Å². The molecule has 0 heterocycles. The quantitative estimate of drug-likeness (QED) is 0.769. The topological polar surface area (TPSA) is 58.2 Å². The third kappa shape index (κ3) is 3.09. The van der Waals surface area contributed by atoms with E-state index in [1.807, 2.05) is 20.8 Å². The average molecular weight is 292 g/mol. The summed E-state index contributed by atoms with van der Waals surface area (Å²) in [6.07, 6.45) is 8.42. The Kier molecular flexibility index (Phi) is 3.53. The normalized spacial score (nSPS) is 37.4. The third-order valence-corrected chi connectivity index (χ3v) is 5.70. The summed E-state index contributed by atoms with van der Waals surface area (Å²) < 4.78 is 0. The number of hydrogen-bond donors (Lipinski definition) is 2. The molecule has 4 rings (SSSR count). The van der Waals surface area contributed by atoms with Gasteiger partial charge in [0.15, 0.2) is 0 Å². The van der Waals surface area contributed by atoms with E-state index in [4.69, 9.17) is 0 Å². The van der Waals surface area contributed by atoms with Gasteiger partial charge in [0.05, 0.1) is 0 Å². The second kappa shape index (κ2) is 4.99. The molecule has 4 saturated carbocycles. The largest absolute Gasteiger partial charge is 0.273 e. The van der Waals surface area contributed by atoms with Crippen molar-refractivity contribution in [3.05, 3.63) is 0 Å². The monoisotopic (exact) mass is 292 g/mol. The number of hydrogen-bond acceptors (Lipinski definition) is 2. The highest BCUT2D eigenvalue weighted by molar-refractivity contribution is 5.85. The Bertz CT molecular complexity index is 415. The number of hydrazine groups is 1. The number of carbonyl (C=O) groups excluding carboxylic acids is 2. The van der Waals surface area contributed by atoms with Crippen molar-refractivity contribution in [3.63, 3.8) is 0 Å². The minimum atomic E-state index is -0.478. The smallest absolute Gasteiger partial charge is 0.243 e. The summed E-state index contributed by atoms with van der Waals surface area (Å²) in [7, 11) is 0. The van der Waals surface area contributed by atoms with Crippen LogP contribution in [0.3, 0.4) is 0 Å². The zero-order valence-electron chi connectivity index (χ0n) is 13.5. The van der Waals surface area contributed by atoms with Gasteiger partial charge < -0.3 is 0 Å². The van der Waals surface area contributed by atoms with E-state index in [9.17, 15) is 9.59 Å². The molecule has 4 nitrogen and oxygen atoms in total. The van der Waals surface area contributed by atoms with Gasteiger partial charge in [0.1, 0.15) is 0 Å². The lowest BCUT2D eigenvalue weighted by Crippen LogP contribution is -2.51. The minimum absolute atomic E-state index is 0.0189. The van der Waals surface area contributed by atoms with Crippen LogP contribution in [0.5, 0.6) is 0 Å². The molecule has 2 amide bonds. The van der Waals surface area contributed by atoms with Gasteiger partial charge in [-0.25, -0.2) is 0 Å². The Balaban J connectivity index is 1.54. The molecular weight excluding hydrogens is 264 g/mol. The van der Waals surface area contributed by atoms with E-state index in [-0.39, 0.29) is 17.2 Å². The first-order valence-corrected chi connectivity index (χ1v) is 8.35.